The van der Waals surface area contributed by atoms with Crippen molar-refractivity contribution in [1.29, 1.82) is 0 Å². The molecule has 0 atom stereocenters. The molecule has 0 saturated carbocycles. The molecule has 0 radical (unpaired) electrons. The number of aliphatic imine (C=N–C) groups is 1. The van der Waals surface area contributed by atoms with Crippen LogP contribution in [0.15, 0.2) is 23.2 Å². The summed E-state index contributed by atoms with van der Waals surface area (Å²) in [6.07, 6.45) is 5.49. The fourth-order valence-electron chi connectivity index (χ4n) is 3.24. The van der Waals surface area contributed by atoms with Gasteiger partial charge in [0.2, 0.25) is 0 Å². The van der Waals surface area contributed by atoms with E-state index in [-0.39, 0.29) is 24.0 Å². The van der Waals surface area contributed by atoms with Gasteiger partial charge in [-0.2, -0.15) is 0 Å². The molecule has 1 aromatic carbocycles. The van der Waals surface area contributed by atoms with Gasteiger partial charge < -0.3 is 15.6 Å². The molecular formula is C18H27IN6. The number of benzene rings is 1. The van der Waals surface area contributed by atoms with Gasteiger partial charge in [0.25, 0.3) is 0 Å². The van der Waals surface area contributed by atoms with Crippen molar-refractivity contribution in [2.75, 3.05) is 11.9 Å². The highest BCUT2D eigenvalue weighted by Crippen LogP contribution is 2.15. The number of aryl methyl sites for hydroxylation is 3. The van der Waals surface area contributed by atoms with Crippen molar-refractivity contribution in [2.24, 2.45) is 10.7 Å². The summed E-state index contributed by atoms with van der Waals surface area (Å²) in [5.41, 5.74) is 9.39. The topological polar surface area (TPSA) is 81.1 Å². The van der Waals surface area contributed by atoms with Crippen LogP contribution >= 0.6 is 24.0 Å². The Kier molecular flexibility index (Phi) is 7.22. The van der Waals surface area contributed by atoms with Crippen LogP contribution in [0.4, 0.5) is 5.69 Å². The predicted molar refractivity (Wildman–Crippen MR) is 113 cm³/mol. The number of anilines is 1. The minimum absolute atomic E-state index is 0. The number of nitrogens with one attached hydrogen (secondary N) is 1. The SMILES string of the molecule is Cc1cc(C)cc(NC(N)=NCCc2nnc3n2CCCCC3)c1.I. The highest BCUT2D eigenvalue weighted by Gasteiger charge is 2.13. The molecule has 0 amide bonds. The van der Waals surface area contributed by atoms with E-state index < -0.39 is 0 Å². The minimum atomic E-state index is 0. The lowest BCUT2D eigenvalue weighted by atomic mass is 10.1. The molecule has 2 aromatic rings. The van der Waals surface area contributed by atoms with Gasteiger partial charge >= 0.3 is 0 Å². The molecule has 2 heterocycles. The molecular weight excluding hydrogens is 427 g/mol. The molecule has 25 heavy (non-hydrogen) atoms. The van der Waals surface area contributed by atoms with Gasteiger partial charge in [-0.15, -0.1) is 34.2 Å². The molecule has 136 valence electrons. The maximum Gasteiger partial charge on any atom is 0.193 e. The molecule has 0 fully saturated rings. The van der Waals surface area contributed by atoms with Crippen molar-refractivity contribution < 1.29 is 0 Å². The number of aromatic nitrogens is 3. The van der Waals surface area contributed by atoms with E-state index in [0.29, 0.717) is 12.5 Å². The molecule has 0 spiro atoms. The molecule has 7 heteroatoms. The zero-order valence-corrected chi connectivity index (χ0v) is 17.3. The van der Waals surface area contributed by atoms with Gasteiger partial charge in [-0.25, -0.2) is 0 Å². The summed E-state index contributed by atoms with van der Waals surface area (Å²) in [6, 6.07) is 6.26. The van der Waals surface area contributed by atoms with Crippen LogP contribution in [0.25, 0.3) is 0 Å². The summed E-state index contributed by atoms with van der Waals surface area (Å²) < 4.78 is 2.26. The molecule has 3 N–H and O–H groups in total. The third-order valence-electron chi connectivity index (χ3n) is 4.30. The van der Waals surface area contributed by atoms with E-state index in [1.54, 1.807) is 0 Å². The summed E-state index contributed by atoms with van der Waals surface area (Å²) in [5, 5.41) is 11.8. The lowest BCUT2D eigenvalue weighted by Gasteiger charge is -2.08. The first-order valence-electron chi connectivity index (χ1n) is 8.68. The fraction of sp³-hybridized carbons (Fsp3) is 0.500. The van der Waals surface area contributed by atoms with Crippen molar-refractivity contribution in [3.63, 3.8) is 0 Å². The average molecular weight is 454 g/mol. The lowest BCUT2D eigenvalue weighted by Crippen LogP contribution is -2.23. The number of nitrogens with two attached hydrogens (primary N) is 1. The van der Waals surface area contributed by atoms with E-state index in [0.717, 1.165) is 36.7 Å². The van der Waals surface area contributed by atoms with Crippen LogP contribution in [0.2, 0.25) is 0 Å². The van der Waals surface area contributed by atoms with Crippen LogP contribution in [0.5, 0.6) is 0 Å². The molecule has 0 bridgehead atoms. The highest BCUT2D eigenvalue weighted by atomic mass is 127. The Labute approximate surface area is 166 Å². The number of halogens is 1. The Bertz CT molecular complexity index is 717. The van der Waals surface area contributed by atoms with E-state index >= 15 is 0 Å². The van der Waals surface area contributed by atoms with Gasteiger partial charge in [0, 0.05) is 31.6 Å². The zero-order chi connectivity index (χ0) is 16.9. The first-order valence-corrected chi connectivity index (χ1v) is 8.68. The summed E-state index contributed by atoms with van der Waals surface area (Å²) in [6.45, 7) is 5.78. The second kappa shape index (κ2) is 9.17. The van der Waals surface area contributed by atoms with Gasteiger partial charge in [0.15, 0.2) is 5.96 Å². The number of nitrogens with zero attached hydrogens (tertiary/aromatic N) is 4. The second-order valence-corrected chi connectivity index (χ2v) is 6.51. The molecule has 0 unspecified atom stereocenters. The fourth-order valence-corrected chi connectivity index (χ4v) is 3.24. The van der Waals surface area contributed by atoms with Crippen molar-refractivity contribution in [3.8, 4) is 0 Å². The third-order valence-corrected chi connectivity index (χ3v) is 4.30. The van der Waals surface area contributed by atoms with E-state index in [9.17, 15) is 0 Å². The third kappa shape index (κ3) is 5.42. The maximum absolute atomic E-state index is 6.00. The Morgan fingerprint density at radius 3 is 2.68 bits per heavy atom. The quantitative estimate of drug-likeness (QED) is 0.423. The van der Waals surface area contributed by atoms with E-state index in [1.165, 1.54) is 30.4 Å². The van der Waals surface area contributed by atoms with Crippen LogP contribution in [-0.4, -0.2) is 27.3 Å². The Morgan fingerprint density at radius 1 is 1.16 bits per heavy atom. The zero-order valence-electron chi connectivity index (χ0n) is 15.0. The lowest BCUT2D eigenvalue weighted by molar-refractivity contribution is 0.605. The number of hydrogen-bond donors (Lipinski definition) is 2. The van der Waals surface area contributed by atoms with Crippen molar-refractivity contribution in [3.05, 3.63) is 41.0 Å². The predicted octanol–water partition coefficient (Wildman–Crippen LogP) is 3.21. The normalized spacial score (nSPS) is 14.4. The minimum Gasteiger partial charge on any atom is -0.370 e. The van der Waals surface area contributed by atoms with Gasteiger partial charge in [-0.1, -0.05) is 12.5 Å². The molecule has 0 saturated heterocycles. The van der Waals surface area contributed by atoms with Crippen molar-refractivity contribution in [2.45, 2.75) is 52.5 Å². The number of fused-ring (bicyclic) bond motifs is 1. The monoisotopic (exact) mass is 454 g/mol. The van der Waals surface area contributed by atoms with E-state index in [1.807, 2.05) is 0 Å². The number of hydrogen-bond acceptors (Lipinski definition) is 3. The smallest absolute Gasteiger partial charge is 0.193 e. The molecule has 1 aliphatic heterocycles. The molecule has 3 rings (SSSR count). The molecule has 1 aliphatic rings. The van der Waals surface area contributed by atoms with Gasteiger partial charge in [-0.05, 0) is 49.9 Å². The van der Waals surface area contributed by atoms with Crippen LogP contribution in [0.3, 0.4) is 0 Å². The van der Waals surface area contributed by atoms with Crippen LogP contribution in [0.1, 0.15) is 42.0 Å². The average Bonchev–Trinajstić information content (AvgIpc) is 2.75. The number of rotatable bonds is 4. The van der Waals surface area contributed by atoms with Crippen molar-refractivity contribution in [1.82, 2.24) is 14.8 Å². The molecule has 1 aromatic heterocycles. The second-order valence-electron chi connectivity index (χ2n) is 6.51. The standard InChI is InChI=1S/C18H26N6.HI/c1-13-10-14(2)12-15(11-13)21-18(19)20-8-7-17-23-22-16-6-4-3-5-9-24(16)17;/h10-12H,3-9H2,1-2H3,(H3,19,20,21);1H. The Hall–Kier alpha value is -1.64. The Morgan fingerprint density at radius 2 is 1.92 bits per heavy atom. The Balaban J connectivity index is 0.00000225. The number of guanidine groups is 1. The summed E-state index contributed by atoms with van der Waals surface area (Å²) >= 11 is 0. The highest BCUT2D eigenvalue weighted by molar-refractivity contribution is 14.0. The van der Waals surface area contributed by atoms with Gasteiger partial charge in [0.1, 0.15) is 11.6 Å². The largest absolute Gasteiger partial charge is 0.370 e. The summed E-state index contributed by atoms with van der Waals surface area (Å²) in [4.78, 5) is 4.43. The first kappa shape index (κ1) is 19.7. The maximum atomic E-state index is 6.00. The van der Waals surface area contributed by atoms with Crippen LogP contribution in [0, 0.1) is 13.8 Å². The molecule has 0 aliphatic carbocycles. The van der Waals surface area contributed by atoms with E-state index in [2.05, 4.69) is 57.1 Å². The molecule has 6 nitrogen and oxygen atoms in total. The van der Waals surface area contributed by atoms with Crippen molar-refractivity contribution >= 4 is 35.6 Å². The van der Waals surface area contributed by atoms with Gasteiger partial charge in [0.05, 0.1) is 0 Å². The van der Waals surface area contributed by atoms with Crippen LogP contribution in [-0.2, 0) is 19.4 Å². The summed E-state index contributed by atoms with van der Waals surface area (Å²) in [5.74, 6) is 2.58. The van der Waals surface area contributed by atoms with E-state index in [4.69, 9.17) is 5.73 Å². The van der Waals surface area contributed by atoms with Gasteiger partial charge in [-0.3, -0.25) is 4.99 Å². The van der Waals surface area contributed by atoms with Crippen LogP contribution < -0.4 is 11.1 Å². The summed E-state index contributed by atoms with van der Waals surface area (Å²) in [7, 11) is 0. The first-order chi connectivity index (χ1) is 11.6.